The highest BCUT2D eigenvalue weighted by Crippen LogP contribution is 2.48. The summed E-state index contributed by atoms with van der Waals surface area (Å²) in [5.74, 6) is -1.25. The molecule has 3 aromatic rings. The molecule has 4 nitrogen and oxygen atoms in total. The van der Waals surface area contributed by atoms with Gasteiger partial charge in [0.15, 0.2) is 0 Å². The molecule has 0 atom stereocenters. The average molecular weight is 414 g/mol. The molecule has 2 aliphatic rings. The first-order valence-electron chi connectivity index (χ1n) is 10.1. The lowest BCUT2D eigenvalue weighted by molar-refractivity contribution is -0.139. The Labute approximate surface area is 171 Å². The van der Waals surface area contributed by atoms with Gasteiger partial charge in [0.1, 0.15) is 17.5 Å². The molecule has 5 rings (SSSR count). The van der Waals surface area contributed by atoms with Crippen molar-refractivity contribution in [3.8, 4) is 11.3 Å². The Morgan fingerprint density at radius 2 is 1.80 bits per heavy atom. The Morgan fingerprint density at radius 3 is 2.47 bits per heavy atom. The third-order valence-corrected chi connectivity index (χ3v) is 6.22. The Hall–Kier alpha value is -2.80. The van der Waals surface area contributed by atoms with Crippen molar-refractivity contribution in [3.05, 3.63) is 59.4 Å². The zero-order valence-corrected chi connectivity index (χ0v) is 16.2. The molecule has 2 N–H and O–H groups in total. The van der Waals surface area contributed by atoms with Gasteiger partial charge in [0.05, 0.1) is 30.3 Å². The van der Waals surface area contributed by atoms with Crippen molar-refractivity contribution in [3.63, 3.8) is 0 Å². The summed E-state index contributed by atoms with van der Waals surface area (Å²) in [6.07, 6.45) is 1.61. The molecule has 1 saturated heterocycles. The van der Waals surface area contributed by atoms with Crippen LogP contribution in [0.3, 0.4) is 0 Å². The summed E-state index contributed by atoms with van der Waals surface area (Å²) in [6.45, 7) is 1.54. The van der Waals surface area contributed by atoms with Crippen molar-refractivity contribution in [1.29, 1.82) is 0 Å². The van der Waals surface area contributed by atoms with E-state index in [2.05, 4.69) is 10.3 Å². The first-order chi connectivity index (χ1) is 14.5. The predicted molar refractivity (Wildman–Crippen MR) is 106 cm³/mol. The molecule has 2 fully saturated rings. The summed E-state index contributed by atoms with van der Waals surface area (Å²) in [5.41, 5.74) is 2.52. The normalized spacial score (nSPS) is 21.3. The molecule has 7 heteroatoms. The first-order valence-corrected chi connectivity index (χ1v) is 10.1. The summed E-state index contributed by atoms with van der Waals surface area (Å²) in [5, 5.41) is 3.49. The summed E-state index contributed by atoms with van der Waals surface area (Å²) in [6, 6.07) is 8.18. The number of halogens is 3. The molecule has 156 valence electrons. The second-order valence-electron chi connectivity index (χ2n) is 8.24. The molecule has 30 heavy (non-hydrogen) atoms. The fraction of sp³-hybridized carbons (Fsp3) is 0.348. The van der Waals surface area contributed by atoms with Crippen molar-refractivity contribution in [2.45, 2.75) is 18.8 Å². The minimum atomic E-state index is -0.648. The van der Waals surface area contributed by atoms with Gasteiger partial charge in [-0.2, -0.15) is 0 Å². The van der Waals surface area contributed by atoms with Crippen LogP contribution in [-0.4, -0.2) is 30.6 Å². The van der Waals surface area contributed by atoms with E-state index in [-0.39, 0.29) is 29.1 Å². The summed E-state index contributed by atoms with van der Waals surface area (Å²) in [7, 11) is 0. The molecule has 1 amide bonds. The highest BCUT2D eigenvalue weighted by atomic mass is 19.1. The molecule has 0 unspecified atom stereocenters. The fourth-order valence-electron chi connectivity index (χ4n) is 4.42. The molecule has 1 saturated carbocycles. The third kappa shape index (κ3) is 3.37. The van der Waals surface area contributed by atoms with Crippen LogP contribution in [0.2, 0.25) is 0 Å². The zero-order chi connectivity index (χ0) is 20.8. The summed E-state index contributed by atoms with van der Waals surface area (Å²) >= 11 is 0. The first kappa shape index (κ1) is 19.2. The quantitative estimate of drug-likeness (QED) is 0.646. The fourth-order valence-corrected chi connectivity index (χ4v) is 4.42. The minimum absolute atomic E-state index is 0.0212. The Kier molecular flexibility index (Phi) is 4.77. The van der Waals surface area contributed by atoms with E-state index in [1.807, 2.05) is 0 Å². The van der Waals surface area contributed by atoms with Crippen molar-refractivity contribution in [1.82, 2.24) is 10.3 Å². The van der Waals surface area contributed by atoms with Crippen LogP contribution in [0, 0.1) is 29.3 Å². The number of aromatic amines is 1. The van der Waals surface area contributed by atoms with Gasteiger partial charge in [0.25, 0.3) is 0 Å². The number of benzene rings is 2. The third-order valence-electron chi connectivity index (χ3n) is 6.22. The molecule has 0 spiro atoms. The Bertz CT molecular complexity index is 1100. The van der Waals surface area contributed by atoms with Crippen molar-refractivity contribution < 1.29 is 22.7 Å². The number of hydrogen-bond donors (Lipinski definition) is 2. The van der Waals surface area contributed by atoms with Gasteiger partial charge in [-0.1, -0.05) is 0 Å². The molecule has 1 aliphatic carbocycles. The van der Waals surface area contributed by atoms with Gasteiger partial charge in [-0.3, -0.25) is 4.79 Å². The van der Waals surface area contributed by atoms with Crippen LogP contribution in [0.1, 0.15) is 24.3 Å². The number of H-pyrrole nitrogens is 1. The van der Waals surface area contributed by atoms with Gasteiger partial charge >= 0.3 is 0 Å². The SMILES string of the molecule is O=C(NC[C@H]1C[C@H](c2c(-c3ccc(F)cc3)[nH]c3c(F)cc(F)cc32)C1)C1COC1. The minimum Gasteiger partial charge on any atom is -0.380 e. The standard InChI is InChI=1S/C23H21F3N2O2/c24-16-3-1-13(2-4-16)21-20(18-7-17(25)8-19(26)22(18)28-21)14-5-12(6-14)9-27-23(29)15-10-30-11-15/h1-4,7-8,12,14-15,28H,5-6,9-11H2,(H,27,29)/t12-,14-. The molecule has 0 radical (unpaired) electrons. The lowest BCUT2D eigenvalue weighted by Crippen LogP contribution is -2.45. The lowest BCUT2D eigenvalue weighted by atomic mass is 9.70. The summed E-state index contributed by atoms with van der Waals surface area (Å²) < 4.78 is 46.8. The van der Waals surface area contributed by atoms with Crippen LogP contribution >= 0.6 is 0 Å². The van der Waals surface area contributed by atoms with Gasteiger partial charge in [-0.15, -0.1) is 0 Å². The number of rotatable bonds is 5. The Balaban J connectivity index is 1.41. The highest BCUT2D eigenvalue weighted by Gasteiger charge is 2.35. The maximum atomic E-state index is 14.4. The molecular weight excluding hydrogens is 393 g/mol. The number of ether oxygens (including phenoxy) is 1. The number of aromatic nitrogens is 1. The van der Waals surface area contributed by atoms with Gasteiger partial charge in [-0.25, -0.2) is 13.2 Å². The van der Waals surface area contributed by atoms with E-state index in [0.717, 1.165) is 30.0 Å². The van der Waals surface area contributed by atoms with E-state index in [1.54, 1.807) is 12.1 Å². The number of hydrogen-bond acceptors (Lipinski definition) is 2. The highest BCUT2D eigenvalue weighted by molar-refractivity contribution is 5.92. The molecular formula is C23H21F3N2O2. The van der Waals surface area contributed by atoms with E-state index in [0.29, 0.717) is 36.8 Å². The molecule has 2 heterocycles. The van der Waals surface area contributed by atoms with E-state index in [9.17, 15) is 18.0 Å². The van der Waals surface area contributed by atoms with E-state index < -0.39 is 11.6 Å². The molecule has 0 bridgehead atoms. The van der Waals surface area contributed by atoms with Crippen molar-refractivity contribution >= 4 is 16.8 Å². The van der Waals surface area contributed by atoms with Crippen LogP contribution in [0.4, 0.5) is 13.2 Å². The van der Waals surface area contributed by atoms with E-state index in [4.69, 9.17) is 4.74 Å². The molecule has 1 aliphatic heterocycles. The van der Waals surface area contributed by atoms with Crippen LogP contribution in [0.15, 0.2) is 36.4 Å². The van der Waals surface area contributed by atoms with Crippen LogP contribution in [-0.2, 0) is 9.53 Å². The number of amides is 1. The summed E-state index contributed by atoms with van der Waals surface area (Å²) in [4.78, 5) is 15.1. The molecule has 2 aromatic carbocycles. The zero-order valence-electron chi connectivity index (χ0n) is 16.2. The van der Waals surface area contributed by atoms with E-state index in [1.165, 1.54) is 18.2 Å². The average Bonchev–Trinajstić information content (AvgIpc) is 2.99. The van der Waals surface area contributed by atoms with Gasteiger partial charge < -0.3 is 15.0 Å². The maximum Gasteiger partial charge on any atom is 0.227 e. The maximum absolute atomic E-state index is 14.4. The van der Waals surface area contributed by atoms with Crippen LogP contribution in [0.5, 0.6) is 0 Å². The van der Waals surface area contributed by atoms with Crippen LogP contribution < -0.4 is 5.32 Å². The smallest absolute Gasteiger partial charge is 0.227 e. The second kappa shape index (κ2) is 7.47. The number of nitrogens with one attached hydrogen (secondary N) is 2. The lowest BCUT2D eigenvalue weighted by Gasteiger charge is -2.37. The number of carbonyl (C=O) groups is 1. The number of fused-ring (bicyclic) bond motifs is 1. The van der Waals surface area contributed by atoms with Crippen molar-refractivity contribution in [2.75, 3.05) is 19.8 Å². The second-order valence-corrected chi connectivity index (χ2v) is 8.24. The largest absolute Gasteiger partial charge is 0.380 e. The topological polar surface area (TPSA) is 54.1 Å². The Morgan fingerprint density at radius 1 is 1.07 bits per heavy atom. The van der Waals surface area contributed by atoms with Gasteiger partial charge in [0.2, 0.25) is 5.91 Å². The predicted octanol–water partition coefficient (Wildman–Crippen LogP) is 4.51. The van der Waals surface area contributed by atoms with Gasteiger partial charge in [0, 0.05) is 18.0 Å². The van der Waals surface area contributed by atoms with Crippen molar-refractivity contribution in [2.24, 2.45) is 11.8 Å². The monoisotopic (exact) mass is 414 g/mol. The van der Waals surface area contributed by atoms with Gasteiger partial charge in [-0.05, 0) is 66.1 Å². The van der Waals surface area contributed by atoms with Crippen LogP contribution in [0.25, 0.3) is 22.2 Å². The molecule has 1 aromatic heterocycles. The number of carbonyl (C=O) groups excluding carboxylic acids is 1. The van der Waals surface area contributed by atoms with E-state index >= 15 is 0 Å².